The molecule has 38 heavy (non-hydrogen) atoms. The number of carbonyl (C=O) groups excluding carboxylic acids is 1. The number of nitrogens with one attached hydrogen (secondary N) is 1. The lowest BCUT2D eigenvalue weighted by Crippen LogP contribution is -2.49. The van der Waals surface area contributed by atoms with Gasteiger partial charge in [0, 0.05) is 18.5 Å². The van der Waals surface area contributed by atoms with Gasteiger partial charge in [0.1, 0.15) is 17.1 Å². The van der Waals surface area contributed by atoms with Gasteiger partial charge in [0.15, 0.2) is 28.3 Å². The van der Waals surface area contributed by atoms with E-state index in [0.717, 1.165) is 0 Å². The average Bonchev–Trinajstić information content (AvgIpc) is 3.28. The van der Waals surface area contributed by atoms with E-state index >= 15 is 0 Å². The number of methoxy groups -OCH3 is 1. The molecule has 0 aromatic carbocycles. The Kier molecular flexibility index (Phi) is 6.64. The zero-order valence-corrected chi connectivity index (χ0v) is 21.7. The Morgan fingerprint density at radius 2 is 1.89 bits per heavy atom. The van der Waals surface area contributed by atoms with Crippen LogP contribution in [0.4, 0.5) is 22.0 Å². The van der Waals surface area contributed by atoms with Crippen molar-refractivity contribution >= 4 is 40.3 Å². The number of rotatable bonds is 6. The molecule has 1 amide bonds. The van der Waals surface area contributed by atoms with Crippen molar-refractivity contribution in [1.82, 2.24) is 24.2 Å². The van der Waals surface area contributed by atoms with Gasteiger partial charge in [-0.2, -0.15) is 9.28 Å². The summed E-state index contributed by atoms with van der Waals surface area (Å²) >= 11 is 0. The molecule has 0 saturated heterocycles. The number of carboxylic acid groups (broad SMARTS) is 1. The predicted molar refractivity (Wildman–Crippen MR) is 138 cm³/mol. The molecule has 2 N–H and O–H groups in total. The number of aromatic carboxylic acids is 1. The molecule has 0 aliphatic rings. The molecule has 0 atom stereocenters. The van der Waals surface area contributed by atoms with Crippen LogP contribution in [0.25, 0.3) is 16.9 Å². The molecule has 0 unspecified atom stereocenters. The molecule has 0 spiro atoms. The van der Waals surface area contributed by atoms with Gasteiger partial charge in [-0.3, -0.25) is 9.36 Å². The molecule has 0 aliphatic carbocycles. The Hall–Kier alpha value is -4.78. The van der Waals surface area contributed by atoms with Crippen LogP contribution in [0.15, 0.2) is 52.0 Å². The number of aromatic nitrogens is 4. The molecule has 13 heteroatoms. The van der Waals surface area contributed by atoms with Gasteiger partial charge < -0.3 is 24.4 Å². The van der Waals surface area contributed by atoms with Crippen molar-refractivity contribution in [2.24, 2.45) is 0 Å². The molecule has 0 bridgehead atoms. The molecule has 198 valence electrons. The Balaban J connectivity index is 1.86. The van der Waals surface area contributed by atoms with Crippen molar-refractivity contribution in [3.8, 4) is 11.6 Å². The lowest BCUT2D eigenvalue weighted by atomic mass is 10.2. The number of ether oxygens (including phenoxy) is 2. The van der Waals surface area contributed by atoms with E-state index in [2.05, 4.69) is 20.4 Å². The summed E-state index contributed by atoms with van der Waals surface area (Å²) in [6.45, 7) is 5.20. The van der Waals surface area contributed by atoms with Crippen LogP contribution in [0.3, 0.4) is 0 Å². The largest absolute Gasteiger partial charge is 0.521 e. The van der Waals surface area contributed by atoms with E-state index in [-0.39, 0.29) is 34.0 Å². The molecule has 4 aromatic rings. The number of quaternary nitrogens is 1. The summed E-state index contributed by atoms with van der Waals surface area (Å²) in [4.78, 5) is 46.8. The fraction of sp³-hybridized carbons (Fsp3) is 0.280. The van der Waals surface area contributed by atoms with Crippen molar-refractivity contribution < 1.29 is 28.7 Å². The van der Waals surface area contributed by atoms with E-state index < -0.39 is 33.5 Å². The van der Waals surface area contributed by atoms with E-state index in [1.807, 2.05) is 0 Å². The van der Waals surface area contributed by atoms with Gasteiger partial charge in [-0.1, -0.05) is 5.16 Å². The van der Waals surface area contributed by atoms with Crippen LogP contribution >= 0.6 is 0 Å². The molecule has 0 fully saturated rings. The molecule has 0 aliphatic heterocycles. The van der Waals surface area contributed by atoms with E-state index in [1.54, 1.807) is 53.1 Å². The van der Waals surface area contributed by atoms with Crippen molar-refractivity contribution in [3.05, 3.63) is 58.8 Å². The van der Waals surface area contributed by atoms with Gasteiger partial charge in [0.2, 0.25) is 0 Å². The van der Waals surface area contributed by atoms with Gasteiger partial charge >= 0.3 is 12.1 Å². The van der Waals surface area contributed by atoms with Crippen LogP contribution in [0.1, 0.15) is 31.3 Å². The highest BCUT2D eigenvalue weighted by molar-refractivity contribution is 6.04. The number of hydrogen-bond donors (Lipinski definition) is 2. The zero-order valence-electron chi connectivity index (χ0n) is 21.7. The molecule has 4 aromatic heterocycles. The lowest BCUT2D eigenvalue weighted by Gasteiger charge is -2.29. The maximum atomic E-state index is 13.4. The minimum absolute atomic E-state index is 0.0625. The number of carboxylic acids is 1. The Bertz CT molecular complexity index is 1600. The number of fused-ring (bicyclic) bond motifs is 1. The summed E-state index contributed by atoms with van der Waals surface area (Å²) in [5, 5.41) is 16.4. The topological polar surface area (TPSA) is 159 Å². The molecule has 4 heterocycles. The summed E-state index contributed by atoms with van der Waals surface area (Å²) in [5.41, 5.74) is -0.947. The van der Waals surface area contributed by atoms with Gasteiger partial charge in [-0.15, -0.1) is 0 Å². The number of amides is 1. The molecule has 0 saturated carbocycles. The number of carbonyl (C=O) groups is 2. The van der Waals surface area contributed by atoms with Gasteiger partial charge in [-0.05, 0) is 45.0 Å². The summed E-state index contributed by atoms with van der Waals surface area (Å²) < 4.78 is 16.8. The van der Waals surface area contributed by atoms with Crippen molar-refractivity contribution in [1.29, 1.82) is 0 Å². The van der Waals surface area contributed by atoms with Gasteiger partial charge in [-0.25, -0.2) is 14.8 Å². The zero-order chi connectivity index (χ0) is 27.8. The van der Waals surface area contributed by atoms with Crippen LogP contribution in [-0.2, 0) is 4.74 Å². The third kappa shape index (κ3) is 4.91. The lowest BCUT2D eigenvalue weighted by molar-refractivity contribution is 0.0349. The first-order valence-corrected chi connectivity index (χ1v) is 11.4. The summed E-state index contributed by atoms with van der Waals surface area (Å²) in [7, 11) is 4.59. The van der Waals surface area contributed by atoms with Crippen molar-refractivity contribution in [2.45, 2.75) is 26.4 Å². The van der Waals surface area contributed by atoms with Crippen LogP contribution in [-0.4, -0.2) is 63.7 Å². The normalized spacial score (nSPS) is 11.8. The van der Waals surface area contributed by atoms with E-state index in [4.69, 9.17) is 14.0 Å². The first-order chi connectivity index (χ1) is 17.8. The second-order valence-corrected chi connectivity index (χ2v) is 9.73. The Morgan fingerprint density at radius 1 is 1.16 bits per heavy atom. The number of pyridine rings is 3. The van der Waals surface area contributed by atoms with Crippen LogP contribution in [0.2, 0.25) is 0 Å². The smallest absolute Gasteiger partial charge is 0.493 e. The highest BCUT2D eigenvalue weighted by Crippen LogP contribution is 2.34. The fourth-order valence-corrected chi connectivity index (χ4v) is 3.63. The summed E-state index contributed by atoms with van der Waals surface area (Å²) in [6, 6.07) is 7.99. The molecular formula is C25H27N6O7+. The van der Waals surface area contributed by atoms with Crippen LogP contribution in [0.5, 0.6) is 5.75 Å². The number of hydrogen-bond acceptors (Lipinski definition) is 10. The third-order valence-corrected chi connectivity index (χ3v) is 5.47. The minimum atomic E-state index is -1.39. The maximum absolute atomic E-state index is 13.4. The monoisotopic (exact) mass is 523 g/mol. The average molecular weight is 524 g/mol. The van der Waals surface area contributed by atoms with Crippen LogP contribution in [0, 0.1) is 0 Å². The minimum Gasteiger partial charge on any atom is -0.493 e. The van der Waals surface area contributed by atoms with Crippen LogP contribution < -0.4 is 20.1 Å². The van der Waals surface area contributed by atoms with Crippen molar-refractivity contribution in [2.75, 3.05) is 26.5 Å². The van der Waals surface area contributed by atoms with Gasteiger partial charge in [0.05, 0.1) is 21.2 Å². The highest BCUT2D eigenvalue weighted by atomic mass is 16.6. The molecule has 13 nitrogen and oxygen atoms in total. The molecular weight excluding hydrogens is 496 g/mol. The number of nitrogens with zero attached hydrogens (tertiary/aromatic N) is 5. The SMILES string of the molecule is COc1cccnc1-n1cccc(Nc2cc([N+](C)(C)C(=O)OC(C)(C)C)c3noc(C(=O)O)c3n2)c1=O. The van der Waals surface area contributed by atoms with Crippen molar-refractivity contribution in [3.63, 3.8) is 0 Å². The number of anilines is 2. The standard InChI is InChI=1S/C25H26N6O7/c1-25(2,3)37-24(35)31(4,5)15-13-17(28-19-18(15)29-38-20(19)23(33)34)27-14-9-8-12-30(22(14)32)21-16(36-6)10-7-11-26-21/h7-13H,1-6H3,(H-,27,28,33,34)/p+1. The van der Waals surface area contributed by atoms with E-state index in [1.165, 1.54) is 36.2 Å². The fourth-order valence-electron chi connectivity index (χ4n) is 3.63. The molecule has 0 radical (unpaired) electrons. The maximum Gasteiger partial charge on any atom is 0.521 e. The molecule has 4 rings (SSSR count). The highest BCUT2D eigenvalue weighted by Gasteiger charge is 2.39. The summed E-state index contributed by atoms with van der Waals surface area (Å²) in [5.74, 6) is -1.16. The van der Waals surface area contributed by atoms with Gasteiger partial charge in [0.25, 0.3) is 11.3 Å². The Labute approximate surface area is 216 Å². The van der Waals surface area contributed by atoms with E-state index in [9.17, 15) is 19.5 Å². The predicted octanol–water partition coefficient (Wildman–Crippen LogP) is 3.72. The van der Waals surface area contributed by atoms with E-state index in [0.29, 0.717) is 5.75 Å². The Morgan fingerprint density at radius 3 is 2.55 bits per heavy atom. The quantitative estimate of drug-likeness (QED) is 0.355. The second-order valence-electron chi connectivity index (χ2n) is 9.73. The third-order valence-electron chi connectivity index (χ3n) is 5.47. The first-order valence-electron chi connectivity index (χ1n) is 11.4. The summed E-state index contributed by atoms with van der Waals surface area (Å²) in [6.07, 6.45) is 2.44. The second kappa shape index (κ2) is 9.59. The first kappa shape index (κ1) is 26.3.